The van der Waals surface area contributed by atoms with Crippen LogP contribution >= 0.6 is 0 Å². The molecule has 0 radical (unpaired) electrons. The van der Waals surface area contributed by atoms with E-state index in [1.807, 2.05) is 49.5 Å². The molecule has 0 saturated heterocycles. The number of pyridine rings is 1. The molecule has 0 bridgehead atoms. The van der Waals surface area contributed by atoms with Crippen LogP contribution in [0.1, 0.15) is 23.7 Å². The van der Waals surface area contributed by atoms with Crippen molar-refractivity contribution in [3.63, 3.8) is 0 Å². The molecule has 0 spiro atoms. The van der Waals surface area contributed by atoms with Crippen molar-refractivity contribution in [3.8, 4) is 40.0 Å². The summed E-state index contributed by atoms with van der Waals surface area (Å²) in [5.41, 5.74) is 8.00. The average molecular weight is 758 g/mol. The van der Waals surface area contributed by atoms with Crippen LogP contribution in [0, 0.1) is 26.0 Å². The Balaban J connectivity index is 0.00000343. The summed E-state index contributed by atoms with van der Waals surface area (Å²) in [5.74, 6) is 2.62. The number of nitrogens with zero attached hydrogens (tertiary/aromatic N) is 4. The zero-order chi connectivity index (χ0) is 29.5. The van der Waals surface area contributed by atoms with Gasteiger partial charge < -0.3 is 14.0 Å². The molecule has 0 aliphatic heterocycles. The number of hydrogen-bond donors (Lipinski definition) is 0. The van der Waals surface area contributed by atoms with Gasteiger partial charge in [-0.15, -0.1) is 35.7 Å². The summed E-state index contributed by atoms with van der Waals surface area (Å²) in [4.78, 5) is 4.67. The quantitative estimate of drug-likeness (QED) is 0.153. The van der Waals surface area contributed by atoms with Gasteiger partial charge in [0.1, 0.15) is 5.82 Å². The van der Waals surface area contributed by atoms with Gasteiger partial charge in [-0.2, -0.15) is 17.2 Å². The molecule has 0 saturated carbocycles. The Morgan fingerprint density at radius 2 is 1.61 bits per heavy atom. The molecule has 220 valence electrons. The molecule has 0 unspecified atom stereocenters. The van der Waals surface area contributed by atoms with E-state index in [0.29, 0.717) is 23.1 Å². The van der Waals surface area contributed by atoms with Crippen molar-refractivity contribution in [3.05, 3.63) is 126 Å². The van der Waals surface area contributed by atoms with Crippen LogP contribution < -0.4 is 9.47 Å². The van der Waals surface area contributed by atoms with Crippen molar-refractivity contribution in [1.29, 1.82) is 0 Å². The van der Waals surface area contributed by atoms with Crippen molar-refractivity contribution in [2.45, 2.75) is 27.2 Å². The molecular weight excluding hydrogens is 728 g/mol. The molecule has 3 heterocycles. The summed E-state index contributed by atoms with van der Waals surface area (Å²) in [6.45, 7) is 6.22. The van der Waals surface area contributed by atoms with E-state index >= 15 is 0 Å². The maximum absolute atomic E-state index is 6.35. The fourth-order valence-corrected chi connectivity index (χ4v) is 5.65. The van der Waals surface area contributed by atoms with E-state index in [9.17, 15) is 0 Å². The molecule has 0 aliphatic rings. The van der Waals surface area contributed by atoms with Gasteiger partial charge in [0.05, 0.1) is 18.4 Å². The van der Waals surface area contributed by atoms with Gasteiger partial charge in [0, 0.05) is 23.2 Å². The molecule has 3 aromatic heterocycles. The number of ether oxygens (including phenoxy) is 2. The SMILES string of the molecule is CCc1ccc(-c2c(C)nn(-c3[c-]c(Oc4[c-]c5c(cc4)c4ccccc4n5-c4cc(C)ccn4)ccc3)c2OC)cc1.[Pt+2]. The minimum absolute atomic E-state index is 0. The second-order valence-electron chi connectivity index (χ2n) is 10.6. The number of benzene rings is 4. The van der Waals surface area contributed by atoms with E-state index in [1.54, 1.807) is 11.8 Å². The fourth-order valence-electron chi connectivity index (χ4n) is 5.65. The van der Waals surface area contributed by atoms with E-state index in [2.05, 4.69) is 90.1 Å². The first-order valence-corrected chi connectivity index (χ1v) is 14.4. The van der Waals surface area contributed by atoms with Crippen LogP contribution in [0.5, 0.6) is 17.4 Å². The second-order valence-corrected chi connectivity index (χ2v) is 10.6. The summed E-state index contributed by atoms with van der Waals surface area (Å²) >= 11 is 0. The molecule has 44 heavy (non-hydrogen) atoms. The van der Waals surface area contributed by atoms with Crippen LogP contribution in [-0.4, -0.2) is 26.4 Å². The van der Waals surface area contributed by atoms with Crippen molar-refractivity contribution in [2.75, 3.05) is 7.11 Å². The predicted molar refractivity (Wildman–Crippen MR) is 171 cm³/mol. The van der Waals surface area contributed by atoms with E-state index in [1.165, 1.54) is 5.56 Å². The zero-order valence-electron chi connectivity index (χ0n) is 24.9. The maximum Gasteiger partial charge on any atom is 2.00 e. The monoisotopic (exact) mass is 757 g/mol. The van der Waals surface area contributed by atoms with Gasteiger partial charge in [-0.3, -0.25) is 0 Å². The second kappa shape index (κ2) is 12.1. The molecule has 7 heteroatoms. The number of rotatable bonds is 7. The van der Waals surface area contributed by atoms with Crippen molar-refractivity contribution >= 4 is 21.8 Å². The molecular formula is C37H30N4O2Pt. The standard InChI is InChI=1S/C37H30N4O2.Pt/c1-5-26-13-15-27(16-14-26)36-25(3)39-41(37(36)42-4)28-9-8-10-29(22-28)43-30-17-18-32-31-11-6-7-12-33(31)40(34(32)23-30)35-21-24(2)19-20-38-35;/h6-21H,5H2,1-4H3;/q-2;+2. The molecule has 0 N–H and O–H groups in total. The first-order valence-electron chi connectivity index (χ1n) is 14.4. The van der Waals surface area contributed by atoms with E-state index in [4.69, 9.17) is 14.6 Å². The van der Waals surface area contributed by atoms with Gasteiger partial charge in [-0.05, 0) is 66.2 Å². The molecule has 6 nitrogen and oxygen atoms in total. The number of aryl methyl sites for hydroxylation is 3. The van der Waals surface area contributed by atoms with E-state index < -0.39 is 0 Å². The molecule has 0 aliphatic carbocycles. The topological polar surface area (TPSA) is 54.1 Å². The summed E-state index contributed by atoms with van der Waals surface area (Å²) in [5, 5.41) is 7.04. The molecule has 0 fully saturated rings. The summed E-state index contributed by atoms with van der Waals surface area (Å²) < 4.78 is 16.2. The zero-order valence-corrected chi connectivity index (χ0v) is 27.1. The van der Waals surface area contributed by atoms with Crippen molar-refractivity contribution in [2.24, 2.45) is 0 Å². The summed E-state index contributed by atoms with van der Waals surface area (Å²) in [7, 11) is 1.67. The third-order valence-electron chi connectivity index (χ3n) is 7.75. The molecule has 0 amide bonds. The smallest absolute Gasteiger partial charge is 0.509 e. The van der Waals surface area contributed by atoms with Gasteiger partial charge in [-0.25, -0.2) is 9.67 Å². The third kappa shape index (κ3) is 5.20. The van der Waals surface area contributed by atoms with Crippen LogP contribution in [0.4, 0.5) is 0 Å². The van der Waals surface area contributed by atoms with Crippen LogP contribution in [-0.2, 0) is 27.5 Å². The van der Waals surface area contributed by atoms with Gasteiger partial charge in [0.15, 0.2) is 0 Å². The van der Waals surface area contributed by atoms with Gasteiger partial charge in [-0.1, -0.05) is 54.9 Å². The van der Waals surface area contributed by atoms with Crippen molar-refractivity contribution < 1.29 is 30.5 Å². The Hall–Kier alpha value is -4.67. The Kier molecular flexibility index (Phi) is 8.11. The van der Waals surface area contributed by atoms with E-state index in [-0.39, 0.29) is 21.1 Å². The Morgan fingerprint density at radius 3 is 2.39 bits per heavy atom. The maximum atomic E-state index is 6.35. The largest absolute Gasteiger partial charge is 2.00 e. The van der Waals surface area contributed by atoms with E-state index in [0.717, 1.165) is 56.4 Å². The fraction of sp³-hybridized carbons (Fsp3) is 0.135. The first kappa shape index (κ1) is 29.4. The van der Waals surface area contributed by atoms with Gasteiger partial charge in [0.2, 0.25) is 5.88 Å². The minimum Gasteiger partial charge on any atom is -0.509 e. The Bertz CT molecular complexity index is 2110. The third-order valence-corrected chi connectivity index (χ3v) is 7.75. The first-order chi connectivity index (χ1) is 21.0. The van der Waals surface area contributed by atoms with Crippen molar-refractivity contribution in [1.82, 2.24) is 19.3 Å². The van der Waals surface area contributed by atoms with Crippen LogP contribution in [0.15, 0.2) is 97.2 Å². The minimum atomic E-state index is 0. The molecule has 7 rings (SSSR count). The van der Waals surface area contributed by atoms with Gasteiger partial charge >= 0.3 is 21.1 Å². The normalized spacial score (nSPS) is 11.1. The number of aromatic nitrogens is 4. The Morgan fingerprint density at radius 1 is 0.818 bits per heavy atom. The van der Waals surface area contributed by atoms with Gasteiger partial charge in [0.25, 0.3) is 0 Å². The number of methoxy groups -OCH3 is 1. The molecule has 0 atom stereocenters. The van der Waals surface area contributed by atoms with Crippen LogP contribution in [0.25, 0.3) is 44.4 Å². The molecule has 4 aromatic carbocycles. The molecule has 7 aromatic rings. The predicted octanol–water partition coefficient (Wildman–Crippen LogP) is 8.61. The summed E-state index contributed by atoms with van der Waals surface area (Å²) in [6, 6.07) is 37.6. The van der Waals surface area contributed by atoms with Crippen LogP contribution in [0.3, 0.4) is 0 Å². The Labute approximate surface area is 271 Å². The average Bonchev–Trinajstić information content (AvgIpc) is 3.55. The van der Waals surface area contributed by atoms with Crippen LogP contribution in [0.2, 0.25) is 0 Å². The number of fused-ring (bicyclic) bond motifs is 3. The number of hydrogen-bond acceptors (Lipinski definition) is 4. The number of para-hydroxylation sites is 1. The summed E-state index contributed by atoms with van der Waals surface area (Å²) in [6.07, 6.45) is 2.83.